The molecule has 34 heavy (non-hydrogen) atoms. The molecule has 10 heteroatoms. The van der Waals surface area contributed by atoms with Gasteiger partial charge < -0.3 is 15.5 Å². The number of benzene rings is 1. The number of nitrogens with one attached hydrogen (secondary N) is 2. The minimum absolute atomic E-state index is 0.0623. The maximum absolute atomic E-state index is 12.9. The molecule has 174 valence electrons. The van der Waals surface area contributed by atoms with E-state index in [4.69, 9.17) is 0 Å². The Balaban J connectivity index is 1.31. The number of fused-ring (bicyclic) bond motifs is 1. The lowest BCUT2D eigenvalue weighted by Gasteiger charge is -2.33. The second kappa shape index (κ2) is 9.47. The molecule has 0 aliphatic carbocycles. The van der Waals surface area contributed by atoms with Crippen molar-refractivity contribution >= 4 is 38.7 Å². The maximum Gasteiger partial charge on any atom is 0.239 e. The van der Waals surface area contributed by atoms with Crippen molar-refractivity contribution in [3.05, 3.63) is 70.3 Å². The molecule has 0 spiro atoms. The zero-order valence-corrected chi connectivity index (χ0v) is 20.6. The minimum atomic E-state index is -0.359. The number of aromatic nitrogens is 5. The van der Waals surface area contributed by atoms with Crippen LogP contribution in [0.1, 0.15) is 16.8 Å². The lowest BCUT2D eigenvalue weighted by molar-refractivity contribution is -0.123. The molecule has 1 aliphatic heterocycles. The van der Waals surface area contributed by atoms with Gasteiger partial charge >= 0.3 is 0 Å². The van der Waals surface area contributed by atoms with Crippen LogP contribution in [0.15, 0.2) is 53.5 Å². The summed E-state index contributed by atoms with van der Waals surface area (Å²) in [5.41, 5.74) is 4.69. The van der Waals surface area contributed by atoms with Crippen molar-refractivity contribution in [2.24, 2.45) is 0 Å². The number of nitrogens with zero attached hydrogens (tertiary/aromatic N) is 6. The van der Waals surface area contributed by atoms with Gasteiger partial charge in [-0.2, -0.15) is 0 Å². The predicted octanol–water partition coefficient (Wildman–Crippen LogP) is 2.68. The average Bonchev–Trinajstić information content (AvgIpc) is 3.29. The van der Waals surface area contributed by atoms with Gasteiger partial charge in [0, 0.05) is 36.5 Å². The Morgan fingerprint density at radius 2 is 2.03 bits per heavy atom. The Labute approximate surface area is 205 Å². The van der Waals surface area contributed by atoms with Crippen molar-refractivity contribution in [1.29, 1.82) is 0 Å². The summed E-state index contributed by atoms with van der Waals surface area (Å²) in [6, 6.07) is 9.77. The molecule has 1 saturated heterocycles. The molecule has 4 heterocycles. The summed E-state index contributed by atoms with van der Waals surface area (Å²) in [5.74, 6) is 0.723. The summed E-state index contributed by atoms with van der Waals surface area (Å²) in [4.78, 5) is 28.3. The molecular formula is C24H25BrN8O. The van der Waals surface area contributed by atoms with Crippen molar-refractivity contribution in [2.75, 3.05) is 24.5 Å². The van der Waals surface area contributed by atoms with Crippen LogP contribution < -0.4 is 15.5 Å². The van der Waals surface area contributed by atoms with Crippen molar-refractivity contribution in [3.8, 4) is 5.69 Å². The van der Waals surface area contributed by atoms with E-state index in [2.05, 4.69) is 70.6 Å². The lowest BCUT2D eigenvalue weighted by Crippen LogP contribution is -2.57. The maximum atomic E-state index is 12.9. The molecule has 1 unspecified atom stereocenters. The molecular weight excluding hydrogens is 496 g/mol. The van der Waals surface area contributed by atoms with Gasteiger partial charge in [0.1, 0.15) is 18.2 Å². The highest BCUT2D eigenvalue weighted by molar-refractivity contribution is 9.10. The fourth-order valence-corrected chi connectivity index (χ4v) is 4.24. The van der Waals surface area contributed by atoms with Gasteiger partial charge in [0.2, 0.25) is 5.91 Å². The number of anilines is 1. The number of halogens is 1. The molecule has 3 aromatic heterocycles. The summed E-state index contributed by atoms with van der Waals surface area (Å²) in [6.07, 6.45) is 5.24. The van der Waals surface area contributed by atoms with E-state index in [1.807, 2.05) is 36.0 Å². The Morgan fingerprint density at radius 1 is 1.21 bits per heavy atom. The van der Waals surface area contributed by atoms with Crippen LogP contribution in [0.2, 0.25) is 0 Å². The molecule has 9 nitrogen and oxygen atoms in total. The number of hydrogen-bond acceptors (Lipinski definition) is 7. The fourth-order valence-electron chi connectivity index (χ4n) is 4.02. The summed E-state index contributed by atoms with van der Waals surface area (Å²) < 4.78 is 2.77. The first-order valence-corrected chi connectivity index (χ1v) is 11.9. The fraction of sp³-hybridized carbons (Fsp3) is 0.292. The summed E-state index contributed by atoms with van der Waals surface area (Å²) in [5, 5.41) is 11.8. The van der Waals surface area contributed by atoms with Crippen LogP contribution in [-0.2, 0) is 11.3 Å². The van der Waals surface area contributed by atoms with Crippen molar-refractivity contribution in [1.82, 2.24) is 35.4 Å². The molecule has 1 atom stereocenters. The van der Waals surface area contributed by atoms with Crippen LogP contribution in [0.25, 0.3) is 16.7 Å². The van der Waals surface area contributed by atoms with Crippen LogP contribution in [0.5, 0.6) is 0 Å². The Bertz CT molecular complexity index is 1340. The summed E-state index contributed by atoms with van der Waals surface area (Å²) >= 11 is 3.45. The average molecular weight is 521 g/mol. The highest BCUT2D eigenvalue weighted by Gasteiger charge is 2.27. The first-order chi connectivity index (χ1) is 16.5. The molecule has 1 aliphatic rings. The normalized spacial score (nSPS) is 16.1. The molecule has 0 bridgehead atoms. The molecule has 0 saturated carbocycles. The van der Waals surface area contributed by atoms with Gasteiger partial charge in [-0.05, 0) is 53.5 Å². The SMILES string of the molecule is Cc1ccc(-n2cc3c(N4CCNC(C(=O)NCc5cc(C)c(Br)cn5)C4)ncnc3n2)cc1. The van der Waals surface area contributed by atoms with Crippen LogP contribution in [0, 0.1) is 13.8 Å². The number of hydrogen-bond donors (Lipinski definition) is 2. The molecule has 2 N–H and O–H groups in total. The highest BCUT2D eigenvalue weighted by atomic mass is 79.9. The Morgan fingerprint density at radius 3 is 2.82 bits per heavy atom. The van der Waals surface area contributed by atoms with Gasteiger partial charge in [-0.15, -0.1) is 5.10 Å². The smallest absolute Gasteiger partial charge is 0.239 e. The molecule has 1 amide bonds. The number of carbonyl (C=O) groups excluding carboxylic acids is 1. The van der Waals surface area contributed by atoms with E-state index in [1.165, 1.54) is 11.9 Å². The van der Waals surface area contributed by atoms with Crippen LogP contribution >= 0.6 is 15.9 Å². The van der Waals surface area contributed by atoms with E-state index in [9.17, 15) is 4.79 Å². The zero-order valence-electron chi connectivity index (χ0n) is 19.0. The first kappa shape index (κ1) is 22.4. The Hall–Kier alpha value is -3.37. The number of carbonyl (C=O) groups is 1. The first-order valence-electron chi connectivity index (χ1n) is 11.1. The lowest BCUT2D eigenvalue weighted by atomic mass is 10.1. The predicted molar refractivity (Wildman–Crippen MR) is 134 cm³/mol. The minimum Gasteiger partial charge on any atom is -0.353 e. The third-order valence-corrected chi connectivity index (χ3v) is 6.76. The van der Waals surface area contributed by atoms with Gasteiger partial charge in [0.15, 0.2) is 5.65 Å². The molecule has 5 rings (SSSR count). The van der Waals surface area contributed by atoms with Gasteiger partial charge in [-0.3, -0.25) is 9.78 Å². The third-order valence-electron chi connectivity index (χ3n) is 5.93. The van der Waals surface area contributed by atoms with Crippen molar-refractivity contribution in [2.45, 2.75) is 26.4 Å². The molecule has 1 aromatic carbocycles. The van der Waals surface area contributed by atoms with Crippen molar-refractivity contribution in [3.63, 3.8) is 0 Å². The van der Waals surface area contributed by atoms with E-state index >= 15 is 0 Å². The second-order valence-electron chi connectivity index (χ2n) is 8.44. The number of amides is 1. The van der Waals surface area contributed by atoms with Gasteiger partial charge in [0.25, 0.3) is 0 Å². The standard InChI is InChI=1S/C24H25BrN8O/c1-15-3-5-18(6-4-15)33-12-19-22(31-33)29-14-30-23(19)32-8-7-26-21(13-32)24(34)28-10-17-9-16(2)20(25)11-27-17/h3-6,9,11-12,14,21,26H,7-8,10,13H2,1-2H3,(H,28,34). The van der Waals surface area contributed by atoms with E-state index < -0.39 is 0 Å². The van der Waals surface area contributed by atoms with E-state index in [-0.39, 0.29) is 11.9 Å². The molecule has 4 aromatic rings. The topological polar surface area (TPSA) is 101 Å². The third kappa shape index (κ3) is 4.64. The highest BCUT2D eigenvalue weighted by Crippen LogP contribution is 2.24. The quantitative estimate of drug-likeness (QED) is 0.417. The van der Waals surface area contributed by atoms with Crippen LogP contribution in [0.4, 0.5) is 5.82 Å². The summed E-state index contributed by atoms with van der Waals surface area (Å²) in [6.45, 7) is 6.35. The van der Waals surface area contributed by atoms with Crippen LogP contribution in [0.3, 0.4) is 0 Å². The second-order valence-corrected chi connectivity index (χ2v) is 9.29. The largest absolute Gasteiger partial charge is 0.353 e. The van der Waals surface area contributed by atoms with E-state index in [1.54, 1.807) is 6.20 Å². The van der Waals surface area contributed by atoms with Gasteiger partial charge in [-0.25, -0.2) is 14.6 Å². The number of piperazine rings is 1. The van der Waals surface area contributed by atoms with E-state index in [0.717, 1.165) is 39.2 Å². The summed E-state index contributed by atoms with van der Waals surface area (Å²) in [7, 11) is 0. The van der Waals surface area contributed by atoms with Gasteiger partial charge in [-0.1, -0.05) is 17.7 Å². The van der Waals surface area contributed by atoms with Crippen LogP contribution in [-0.4, -0.2) is 56.3 Å². The zero-order chi connectivity index (χ0) is 23.7. The number of aryl methyl sites for hydroxylation is 2. The number of pyridine rings is 1. The number of rotatable bonds is 5. The van der Waals surface area contributed by atoms with Crippen molar-refractivity contribution < 1.29 is 4.79 Å². The Kier molecular flexibility index (Phi) is 6.25. The monoisotopic (exact) mass is 520 g/mol. The van der Waals surface area contributed by atoms with Gasteiger partial charge in [0.05, 0.1) is 23.3 Å². The van der Waals surface area contributed by atoms with E-state index in [0.29, 0.717) is 25.3 Å². The molecule has 1 fully saturated rings. The molecule has 0 radical (unpaired) electrons.